The third-order valence-electron chi connectivity index (χ3n) is 5.75. The second-order valence-electron chi connectivity index (χ2n) is 7.45. The van der Waals surface area contributed by atoms with Gasteiger partial charge >= 0.3 is 6.03 Å². The number of likely N-dealkylation sites (tertiary alicyclic amines) is 1. The molecule has 2 heterocycles. The van der Waals surface area contributed by atoms with Crippen molar-refractivity contribution in [2.75, 3.05) is 39.8 Å². The molecule has 0 spiro atoms. The Bertz CT molecular complexity index is 508. The van der Waals surface area contributed by atoms with E-state index < -0.39 is 0 Å². The molecule has 0 unspecified atom stereocenters. The highest BCUT2D eigenvalue weighted by Crippen LogP contribution is 2.25. The van der Waals surface area contributed by atoms with E-state index in [1.54, 1.807) is 7.05 Å². The molecule has 0 atom stereocenters. The van der Waals surface area contributed by atoms with E-state index in [9.17, 15) is 9.59 Å². The summed E-state index contributed by atoms with van der Waals surface area (Å²) in [7, 11) is 1.75. The van der Waals surface area contributed by atoms with Gasteiger partial charge in [0.15, 0.2) is 5.96 Å². The Morgan fingerprint density at radius 3 is 2.50 bits per heavy atom. The molecule has 146 valence electrons. The summed E-state index contributed by atoms with van der Waals surface area (Å²) in [6.45, 7) is 3.26. The summed E-state index contributed by atoms with van der Waals surface area (Å²) in [4.78, 5) is 31.3. The highest BCUT2D eigenvalue weighted by molar-refractivity contribution is 6.01. The summed E-state index contributed by atoms with van der Waals surface area (Å²) in [6, 6.07) is 0.916. The normalized spacial score (nSPS) is 24.0. The van der Waals surface area contributed by atoms with Gasteiger partial charge in [-0.1, -0.05) is 19.3 Å². The fourth-order valence-corrected chi connectivity index (χ4v) is 4.21. The summed E-state index contributed by atoms with van der Waals surface area (Å²) >= 11 is 0. The van der Waals surface area contributed by atoms with Crippen molar-refractivity contribution >= 4 is 17.9 Å². The lowest BCUT2D eigenvalue weighted by Crippen LogP contribution is -2.51. The summed E-state index contributed by atoms with van der Waals surface area (Å²) in [5.41, 5.74) is 0. The van der Waals surface area contributed by atoms with Gasteiger partial charge in [0.1, 0.15) is 0 Å². The molecular formula is C18H32N6O2. The van der Waals surface area contributed by atoms with Crippen molar-refractivity contribution in [1.82, 2.24) is 25.8 Å². The quantitative estimate of drug-likeness (QED) is 0.376. The topological polar surface area (TPSA) is 89.1 Å². The average Bonchev–Trinajstić information content (AvgIpc) is 3.00. The molecule has 1 aliphatic carbocycles. The van der Waals surface area contributed by atoms with Crippen molar-refractivity contribution in [1.29, 1.82) is 0 Å². The first-order chi connectivity index (χ1) is 12.7. The molecule has 8 nitrogen and oxygen atoms in total. The van der Waals surface area contributed by atoms with Crippen LogP contribution in [0.4, 0.5) is 4.79 Å². The van der Waals surface area contributed by atoms with E-state index >= 15 is 0 Å². The maximum atomic E-state index is 11.6. The van der Waals surface area contributed by atoms with E-state index in [1.165, 1.54) is 37.0 Å². The molecule has 8 heteroatoms. The van der Waals surface area contributed by atoms with Crippen LogP contribution in [0.15, 0.2) is 4.99 Å². The van der Waals surface area contributed by atoms with Crippen molar-refractivity contribution < 1.29 is 9.59 Å². The molecule has 0 aromatic heterocycles. The van der Waals surface area contributed by atoms with Crippen molar-refractivity contribution in [2.45, 2.75) is 57.0 Å². The first-order valence-corrected chi connectivity index (χ1v) is 9.97. The Kier molecular flexibility index (Phi) is 6.71. The molecule has 3 aliphatic rings. The maximum Gasteiger partial charge on any atom is 0.324 e. The molecule has 1 saturated carbocycles. The largest absolute Gasteiger partial charge is 0.355 e. The lowest BCUT2D eigenvalue weighted by molar-refractivity contribution is -0.124. The summed E-state index contributed by atoms with van der Waals surface area (Å²) in [5.74, 6) is 0.572. The van der Waals surface area contributed by atoms with Crippen LogP contribution in [0.5, 0.6) is 0 Å². The van der Waals surface area contributed by atoms with Crippen LogP contribution in [0, 0.1) is 0 Å². The Morgan fingerprint density at radius 2 is 1.88 bits per heavy atom. The summed E-state index contributed by atoms with van der Waals surface area (Å²) in [5, 5.41) is 9.22. The fourth-order valence-electron chi connectivity index (χ4n) is 4.21. The zero-order valence-electron chi connectivity index (χ0n) is 15.8. The molecule has 0 aromatic carbocycles. The molecule has 26 heavy (non-hydrogen) atoms. The molecule has 2 saturated heterocycles. The average molecular weight is 364 g/mol. The van der Waals surface area contributed by atoms with Gasteiger partial charge in [-0.25, -0.2) is 4.79 Å². The lowest BCUT2D eigenvalue weighted by atomic mass is 9.92. The standard InChI is InChI=1S/C18H32N6O2/c1-19-17(20-9-12-24-16(25)13-21-18(24)26)22-14-7-10-23(11-8-14)15-5-3-2-4-6-15/h14-15H,2-13H2,1H3,(H,21,26)(H2,19,20,22). The molecule has 0 bridgehead atoms. The Hall–Kier alpha value is -1.83. The Morgan fingerprint density at radius 1 is 1.15 bits per heavy atom. The van der Waals surface area contributed by atoms with Gasteiger partial charge in [0, 0.05) is 45.3 Å². The summed E-state index contributed by atoms with van der Waals surface area (Å²) in [6.07, 6.45) is 9.16. The predicted molar refractivity (Wildman–Crippen MR) is 101 cm³/mol. The van der Waals surface area contributed by atoms with Gasteiger partial charge in [-0.2, -0.15) is 0 Å². The van der Waals surface area contributed by atoms with Crippen molar-refractivity contribution in [2.24, 2.45) is 4.99 Å². The van der Waals surface area contributed by atoms with Crippen LogP contribution in [0.3, 0.4) is 0 Å². The zero-order chi connectivity index (χ0) is 18.4. The van der Waals surface area contributed by atoms with Gasteiger partial charge < -0.3 is 20.9 Å². The number of hydrogen-bond acceptors (Lipinski definition) is 4. The lowest BCUT2D eigenvalue weighted by Gasteiger charge is -2.39. The van der Waals surface area contributed by atoms with Crippen LogP contribution >= 0.6 is 0 Å². The molecule has 0 aromatic rings. The first-order valence-electron chi connectivity index (χ1n) is 9.97. The number of imide groups is 1. The van der Waals surface area contributed by atoms with E-state index in [-0.39, 0.29) is 18.5 Å². The van der Waals surface area contributed by atoms with Crippen molar-refractivity contribution in [3.63, 3.8) is 0 Å². The number of carbonyl (C=O) groups is 2. The molecule has 3 N–H and O–H groups in total. The minimum absolute atomic E-state index is 0.103. The predicted octanol–water partition coefficient (Wildman–Crippen LogP) is 0.500. The minimum Gasteiger partial charge on any atom is -0.355 e. The zero-order valence-corrected chi connectivity index (χ0v) is 15.8. The van der Waals surface area contributed by atoms with E-state index in [0.29, 0.717) is 19.1 Å². The van der Waals surface area contributed by atoms with Crippen molar-refractivity contribution in [3.8, 4) is 0 Å². The van der Waals surface area contributed by atoms with Crippen LogP contribution in [-0.2, 0) is 4.79 Å². The number of piperidine rings is 1. The SMILES string of the molecule is CN=C(NCCN1C(=O)CNC1=O)NC1CCN(C2CCCCC2)CC1. The minimum atomic E-state index is -0.310. The number of guanidine groups is 1. The number of rotatable bonds is 5. The molecule has 2 aliphatic heterocycles. The number of amides is 3. The molecule has 3 fully saturated rings. The van der Waals surface area contributed by atoms with Gasteiger partial charge in [-0.3, -0.25) is 14.7 Å². The number of carbonyl (C=O) groups excluding carboxylic acids is 2. The van der Waals surface area contributed by atoms with Crippen LogP contribution in [0.25, 0.3) is 0 Å². The number of nitrogens with zero attached hydrogens (tertiary/aromatic N) is 3. The first kappa shape index (κ1) is 18.9. The smallest absolute Gasteiger partial charge is 0.324 e. The van der Waals surface area contributed by atoms with Gasteiger partial charge in [-0.05, 0) is 25.7 Å². The molecule has 0 radical (unpaired) electrons. The second kappa shape index (κ2) is 9.21. The number of nitrogens with one attached hydrogen (secondary N) is 3. The monoisotopic (exact) mass is 364 g/mol. The van der Waals surface area contributed by atoms with Gasteiger partial charge in [-0.15, -0.1) is 0 Å². The van der Waals surface area contributed by atoms with Crippen LogP contribution in [0.1, 0.15) is 44.9 Å². The third-order valence-corrected chi connectivity index (χ3v) is 5.75. The number of aliphatic imine (C=N–C) groups is 1. The Balaban J connectivity index is 1.36. The van der Waals surface area contributed by atoms with E-state index in [1.807, 2.05) is 0 Å². The molecular weight excluding hydrogens is 332 g/mol. The van der Waals surface area contributed by atoms with E-state index in [0.717, 1.165) is 37.9 Å². The van der Waals surface area contributed by atoms with Gasteiger partial charge in [0.25, 0.3) is 0 Å². The van der Waals surface area contributed by atoms with E-state index in [2.05, 4.69) is 25.8 Å². The summed E-state index contributed by atoms with van der Waals surface area (Å²) < 4.78 is 0. The highest BCUT2D eigenvalue weighted by atomic mass is 16.2. The van der Waals surface area contributed by atoms with Gasteiger partial charge in [0.2, 0.25) is 5.91 Å². The Labute approximate surface area is 155 Å². The van der Waals surface area contributed by atoms with Crippen LogP contribution in [-0.4, -0.2) is 79.6 Å². The van der Waals surface area contributed by atoms with Gasteiger partial charge in [0.05, 0.1) is 6.54 Å². The van der Waals surface area contributed by atoms with Crippen LogP contribution < -0.4 is 16.0 Å². The number of hydrogen-bond donors (Lipinski definition) is 3. The fraction of sp³-hybridized carbons (Fsp3) is 0.833. The molecule has 3 amide bonds. The highest BCUT2D eigenvalue weighted by Gasteiger charge is 2.28. The molecule has 3 rings (SSSR count). The third kappa shape index (κ3) is 4.87. The van der Waals surface area contributed by atoms with Crippen LogP contribution in [0.2, 0.25) is 0 Å². The second-order valence-corrected chi connectivity index (χ2v) is 7.45. The maximum absolute atomic E-state index is 11.6. The van der Waals surface area contributed by atoms with E-state index in [4.69, 9.17) is 0 Å². The van der Waals surface area contributed by atoms with Crippen molar-refractivity contribution in [3.05, 3.63) is 0 Å². The number of urea groups is 1.